The molecule has 0 saturated heterocycles. The molecule has 4 aromatic rings. The highest BCUT2D eigenvalue weighted by Gasteiger charge is 2.22. The lowest BCUT2D eigenvalue weighted by atomic mass is 10.2. The fourth-order valence-corrected chi connectivity index (χ4v) is 4.85. The zero-order chi connectivity index (χ0) is 24.1. The third kappa shape index (κ3) is 5.51. The number of thioether (sulfide) groups is 1. The van der Waals surface area contributed by atoms with Gasteiger partial charge in [0.15, 0.2) is 11.0 Å². The van der Waals surface area contributed by atoms with Gasteiger partial charge in [0.1, 0.15) is 5.75 Å². The summed E-state index contributed by atoms with van der Waals surface area (Å²) in [6.07, 6.45) is 0. The Bertz CT molecular complexity index is 1290. The van der Waals surface area contributed by atoms with Crippen LogP contribution >= 0.6 is 27.7 Å². The molecular weight excluding hydrogens is 512 g/mol. The number of aryl methyl sites for hydroxylation is 1. The lowest BCUT2D eigenvalue weighted by Crippen LogP contribution is -2.29. The standard InChI is InChI=1S/C26H25BrN4O2S/c1-17-11-13-20(14-12-17)31-24(18(2)28-25(32)22-9-4-5-10-23(22)27)29-30-26(31)34-16-19-7-6-8-21(15-19)33-3/h4-15,18H,16H2,1-3H3,(H,28,32). The van der Waals surface area contributed by atoms with Crippen molar-refractivity contribution in [2.24, 2.45) is 0 Å². The van der Waals surface area contributed by atoms with E-state index in [0.717, 1.165) is 26.6 Å². The number of carbonyl (C=O) groups excluding carboxylic acids is 1. The zero-order valence-electron chi connectivity index (χ0n) is 19.2. The number of methoxy groups -OCH3 is 1. The second-order valence-corrected chi connectivity index (χ2v) is 9.62. The normalized spacial score (nSPS) is 11.8. The molecular formula is C26H25BrN4O2S. The quantitative estimate of drug-likeness (QED) is 0.274. The van der Waals surface area contributed by atoms with Crippen LogP contribution in [-0.4, -0.2) is 27.8 Å². The molecule has 0 aliphatic rings. The molecule has 34 heavy (non-hydrogen) atoms. The van der Waals surface area contributed by atoms with E-state index in [4.69, 9.17) is 4.74 Å². The molecule has 0 radical (unpaired) electrons. The van der Waals surface area contributed by atoms with Gasteiger partial charge >= 0.3 is 0 Å². The van der Waals surface area contributed by atoms with E-state index >= 15 is 0 Å². The van der Waals surface area contributed by atoms with Crippen LogP contribution in [-0.2, 0) is 5.75 Å². The average Bonchev–Trinajstić information content (AvgIpc) is 3.27. The second-order valence-electron chi connectivity index (χ2n) is 7.83. The number of aromatic nitrogens is 3. The van der Waals surface area contributed by atoms with E-state index in [1.54, 1.807) is 24.9 Å². The molecule has 0 fully saturated rings. The van der Waals surface area contributed by atoms with E-state index in [0.29, 0.717) is 17.1 Å². The second kappa shape index (κ2) is 10.9. The van der Waals surface area contributed by atoms with Gasteiger partial charge in [0, 0.05) is 15.9 Å². The third-order valence-corrected chi connectivity index (χ3v) is 7.00. The summed E-state index contributed by atoms with van der Waals surface area (Å²) in [6.45, 7) is 3.97. The molecule has 0 aliphatic heterocycles. The number of benzene rings is 3. The Morgan fingerprint density at radius 3 is 2.59 bits per heavy atom. The highest BCUT2D eigenvalue weighted by atomic mass is 79.9. The van der Waals surface area contributed by atoms with Gasteiger partial charge in [0.2, 0.25) is 0 Å². The number of hydrogen-bond donors (Lipinski definition) is 1. The van der Waals surface area contributed by atoms with Crippen LogP contribution in [0.1, 0.15) is 40.3 Å². The number of halogens is 1. The lowest BCUT2D eigenvalue weighted by molar-refractivity contribution is 0.0937. The summed E-state index contributed by atoms with van der Waals surface area (Å²) < 4.78 is 8.10. The molecule has 0 bridgehead atoms. The Balaban J connectivity index is 1.62. The van der Waals surface area contributed by atoms with Crippen molar-refractivity contribution in [3.63, 3.8) is 0 Å². The summed E-state index contributed by atoms with van der Waals surface area (Å²) in [4.78, 5) is 12.9. The zero-order valence-corrected chi connectivity index (χ0v) is 21.6. The van der Waals surface area contributed by atoms with Crippen LogP contribution in [0, 0.1) is 6.92 Å². The van der Waals surface area contributed by atoms with E-state index in [-0.39, 0.29) is 11.9 Å². The number of ether oxygens (including phenoxy) is 1. The van der Waals surface area contributed by atoms with Crippen molar-refractivity contribution < 1.29 is 9.53 Å². The molecule has 8 heteroatoms. The molecule has 1 unspecified atom stereocenters. The predicted octanol–water partition coefficient (Wildman–Crippen LogP) is 6.13. The molecule has 1 heterocycles. The van der Waals surface area contributed by atoms with E-state index in [2.05, 4.69) is 56.6 Å². The van der Waals surface area contributed by atoms with Gasteiger partial charge in [-0.05, 0) is 71.7 Å². The molecule has 0 saturated carbocycles. The number of nitrogens with one attached hydrogen (secondary N) is 1. The van der Waals surface area contributed by atoms with E-state index in [1.165, 1.54) is 5.56 Å². The van der Waals surface area contributed by atoms with Crippen molar-refractivity contribution in [1.82, 2.24) is 20.1 Å². The van der Waals surface area contributed by atoms with E-state index in [1.807, 2.05) is 60.0 Å². The average molecular weight is 537 g/mol. The third-order valence-electron chi connectivity index (χ3n) is 5.31. The van der Waals surface area contributed by atoms with Gasteiger partial charge in [-0.1, -0.05) is 53.7 Å². The van der Waals surface area contributed by atoms with Crippen molar-refractivity contribution in [3.05, 3.63) is 99.8 Å². The molecule has 0 aliphatic carbocycles. The monoisotopic (exact) mass is 536 g/mol. The Hall–Kier alpha value is -3.10. The van der Waals surface area contributed by atoms with Gasteiger partial charge in [-0.15, -0.1) is 10.2 Å². The van der Waals surface area contributed by atoms with Crippen LogP contribution in [0.3, 0.4) is 0 Å². The van der Waals surface area contributed by atoms with Crippen molar-refractivity contribution in [1.29, 1.82) is 0 Å². The van der Waals surface area contributed by atoms with Gasteiger partial charge in [-0.25, -0.2) is 0 Å². The number of rotatable bonds is 8. The molecule has 0 spiro atoms. The first-order valence-corrected chi connectivity index (χ1v) is 12.6. The largest absolute Gasteiger partial charge is 0.497 e. The Labute approximate surface area is 211 Å². The van der Waals surface area contributed by atoms with Gasteiger partial charge in [-0.3, -0.25) is 9.36 Å². The first-order chi connectivity index (χ1) is 16.5. The summed E-state index contributed by atoms with van der Waals surface area (Å²) in [5.74, 6) is 2.02. The van der Waals surface area contributed by atoms with Crippen LogP contribution < -0.4 is 10.1 Å². The van der Waals surface area contributed by atoms with Crippen LogP contribution in [0.25, 0.3) is 5.69 Å². The summed E-state index contributed by atoms with van der Waals surface area (Å²) in [7, 11) is 1.66. The Kier molecular flexibility index (Phi) is 7.70. The highest BCUT2D eigenvalue weighted by Crippen LogP contribution is 2.29. The highest BCUT2D eigenvalue weighted by molar-refractivity contribution is 9.10. The topological polar surface area (TPSA) is 69.0 Å². The fourth-order valence-electron chi connectivity index (χ4n) is 3.49. The minimum Gasteiger partial charge on any atom is -0.497 e. The SMILES string of the molecule is COc1cccc(CSc2nnc(C(C)NC(=O)c3ccccc3Br)n2-c2ccc(C)cc2)c1. The van der Waals surface area contributed by atoms with Crippen LogP contribution in [0.4, 0.5) is 0 Å². The maximum Gasteiger partial charge on any atom is 0.253 e. The minimum atomic E-state index is -0.362. The van der Waals surface area contributed by atoms with Gasteiger partial charge in [0.05, 0.1) is 18.7 Å². The molecule has 1 atom stereocenters. The van der Waals surface area contributed by atoms with Gasteiger partial charge in [-0.2, -0.15) is 0 Å². The predicted molar refractivity (Wildman–Crippen MR) is 139 cm³/mol. The summed E-state index contributed by atoms with van der Waals surface area (Å²) in [5.41, 5.74) is 3.81. The van der Waals surface area contributed by atoms with Crippen LogP contribution in [0.2, 0.25) is 0 Å². The summed E-state index contributed by atoms with van der Waals surface area (Å²) >= 11 is 5.04. The van der Waals surface area contributed by atoms with E-state index < -0.39 is 0 Å². The number of carbonyl (C=O) groups is 1. The maximum atomic E-state index is 12.9. The molecule has 6 nitrogen and oxygen atoms in total. The Morgan fingerprint density at radius 2 is 1.85 bits per heavy atom. The first kappa shape index (κ1) is 24.0. The molecule has 1 aromatic heterocycles. The number of nitrogens with zero attached hydrogens (tertiary/aromatic N) is 3. The number of hydrogen-bond acceptors (Lipinski definition) is 5. The molecule has 3 aromatic carbocycles. The molecule has 1 N–H and O–H groups in total. The smallest absolute Gasteiger partial charge is 0.253 e. The Morgan fingerprint density at radius 1 is 1.09 bits per heavy atom. The lowest BCUT2D eigenvalue weighted by Gasteiger charge is -2.17. The van der Waals surface area contributed by atoms with E-state index in [9.17, 15) is 4.79 Å². The first-order valence-electron chi connectivity index (χ1n) is 10.8. The fraction of sp³-hybridized carbons (Fsp3) is 0.192. The minimum absolute atomic E-state index is 0.177. The van der Waals surface area contributed by atoms with Crippen molar-refractivity contribution in [2.75, 3.05) is 7.11 Å². The van der Waals surface area contributed by atoms with Crippen LogP contribution in [0.5, 0.6) is 5.75 Å². The van der Waals surface area contributed by atoms with Crippen molar-refractivity contribution in [3.8, 4) is 11.4 Å². The van der Waals surface area contributed by atoms with Gasteiger partial charge < -0.3 is 10.1 Å². The van der Waals surface area contributed by atoms with Crippen molar-refractivity contribution >= 4 is 33.6 Å². The summed E-state index contributed by atoms with van der Waals surface area (Å²) in [6, 6.07) is 23.2. The maximum absolute atomic E-state index is 12.9. The van der Waals surface area contributed by atoms with Gasteiger partial charge in [0.25, 0.3) is 5.91 Å². The molecule has 4 rings (SSSR count). The summed E-state index contributed by atoms with van der Waals surface area (Å²) in [5, 5.41) is 12.8. The molecule has 1 amide bonds. The van der Waals surface area contributed by atoms with Crippen molar-refractivity contribution in [2.45, 2.75) is 30.8 Å². The molecule has 174 valence electrons. The number of amides is 1. The van der Waals surface area contributed by atoms with Crippen LogP contribution in [0.15, 0.2) is 82.4 Å².